The molecule has 0 radical (unpaired) electrons. The fraction of sp³-hybridized carbons (Fsp3) is 0.385. The van der Waals surface area contributed by atoms with Crippen molar-refractivity contribution in [1.82, 2.24) is 4.90 Å². The molecule has 6 heteroatoms. The van der Waals surface area contributed by atoms with E-state index in [9.17, 15) is 14.0 Å². The molecule has 0 aliphatic heterocycles. The molecule has 0 heterocycles. The topological polar surface area (TPSA) is 58.6 Å². The molecular weight excluding hydrogens is 251 g/mol. The highest BCUT2D eigenvalue weighted by atomic mass is 19.1. The number of benzene rings is 1. The van der Waals surface area contributed by atoms with Crippen LogP contribution in [-0.4, -0.2) is 43.5 Å². The first-order valence-electron chi connectivity index (χ1n) is 5.91. The van der Waals surface area contributed by atoms with Crippen LogP contribution in [0.5, 0.6) is 0 Å². The van der Waals surface area contributed by atoms with Crippen molar-refractivity contribution in [3.8, 4) is 0 Å². The van der Waals surface area contributed by atoms with Crippen LogP contribution in [0.2, 0.25) is 0 Å². The second-order valence-corrected chi connectivity index (χ2v) is 4.01. The summed E-state index contributed by atoms with van der Waals surface area (Å²) in [4.78, 5) is 24.3. The van der Waals surface area contributed by atoms with Gasteiger partial charge < -0.3 is 10.1 Å². The third-order valence-electron chi connectivity index (χ3n) is 2.27. The smallest absolute Gasteiger partial charge is 0.320 e. The minimum atomic E-state index is -0.496. The summed E-state index contributed by atoms with van der Waals surface area (Å²) in [7, 11) is 1.61. The van der Waals surface area contributed by atoms with Gasteiger partial charge in [0.15, 0.2) is 0 Å². The van der Waals surface area contributed by atoms with Gasteiger partial charge in [-0.25, -0.2) is 4.39 Å². The van der Waals surface area contributed by atoms with Crippen molar-refractivity contribution in [3.05, 3.63) is 30.1 Å². The molecule has 0 unspecified atom stereocenters. The van der Waals surface area contributed by atoms with Gasteiger partial charge in [0.25, 0.3) is 0 Å². The van der Waals surface area contributed by atoms with Crippen LogP contribution < -0.4 is 5.32 Å². The quantitative estimate of drug-likeness (QED) is 0.789. The SMILES string of the molecule is CCOC(=O)CN(C)CC(=O)Nc1ccccc1F. The Kier molecular flexibility index (Phi) is 5.95. The summed E-state index contributed by atoms with van der Waals surface area (Å²) in [5, 5.41) is 2.44. The minimum Gasteiger partial charge on any atom is -0.465 e. The van der Waals surface area contributed by atoms with Crippen molar-refractivity contribution >= 4 is 17.6 Å². The van der Waals surface area contributed by atoms with E-state index in [4.69, 9.17) is 4.74 Å². The van der Waals surface area contributed by atoms with E-state index in [-0.39, 0.29) is 18.8 Å². The number of esters is 1. The van der Waals surface area contributed by atoms with Crippen molar-refractivity contribution in [2.45, 2.75) is 6.92 Å². The number of para-hydroxylation sites is 1. The highest BCUT2D eigenvalue weighted by molar-refractivity contribution is 5.92. The lowest BCUT2D eigenvalue weighted by molar-refractivity contribution is -0.144. The van der Waals surface area contributed by atoms with Crippen molar-refractivity contribution in [1.29, 1.82) is 0 Å². The number of nitrogens with zero attached hydrogens (tertiary/aromatic N) is 1. The fourth-order valence-electron chi connectivity index (χ4n) is 1.48. The Bertz CT molecular complexity index is 451. The van der Waals surface area contributed by atoms with Gasteiger partial charge in [-0.05, 0) is 26.1 Å². The Balaban J connectivity index is 2.43. The molecule has 0 saturated heterocycles. The molecule has 1 N–H and O–H groups in total. The molecule has 0 fully saturated rings. The number of halogens is 1. The van der Waals surface area contributed by atoms with Crippen molar-refractivity contribution in [2.24, 2.45) is 0 Å². The summed E-state index contributed by atoms with van der Waals surface area (Å²) in [6.45, 7) is 2.00. The molecular formula is C13H17FN2O3. The molecule has 1 amide bonds. The van der Waals surface area contributed by atoms with E-state index in [0.29, 0.717) is 6.61 Å². The number of amides is 1. The maximum Gasteiger partial charge on any atom is 0.320 e. The molecule has 0 aliphatic rings. The van der Waals surface area contributed by atoms with E-state index in [1.165, 1.54) is 23.1 Å². The van der Waals surface area contributed by atoms with Gasteiger partial charge in [-0.3, -0.25) is 14.5 Å². The Labute approximate surface area is 111 Å². The average molecular weight is 268 g/mol. The van der Waals surface area contributed by atoms with Gasteiger partial charge in [-0.1, -0.05) is 12.1 Å². The minimum absolute atomic E-state index is 0.0124. The average Bonchev–Trinajstić information content (AvgIpc) is 2.31. The van der Waals surface area contributed by atoms with Crippen LogP contribution >= 0.6 is 0 Å². The number of hydrogen-bond donors (Lipinski definition) is 1. The molecule has 0 bridgehead atoms. The van der Waals surface area contributed by atoms with Gasteiger partial charge in [0, 0.05) is 0 Å². The van der Waals surface area contributed by atoms with E-state index < -0.39 is 17.7 Å². The van der Waals surface area contributed by atoms with Crippen molar-refractivity contribution < 1.29 is 18.7 Å². The standard InChI is InChI=1S/C13H17FN2O3/c1-3-19-13(18)9-16(2)8-12(17)15-11-7-5-4-6-10(11)14/h4-7H,3,8-9H2,1-2H3,(H,15,17). The van der Waals surface area contributed by atoms with Crippen LogP contribution in [0.1, 0.15) is 6.92 Å². The predicted octanol–water partition coefficient (Wildman–Crippen LogP) is 1.26. The molecule has 1 aromatic carbocycles. The monoisotopic (exact) mass is 268 g/mol. The van der Waals surface area contributed by atoms with Crippen molar-refractivity contribution in [2.75, 3.05) is 32.1 Å². The second kappa shape index (κ2) is 7.48. The zero-order chi connectivity index (χ0) is 14.3. The number of likely N-dealkylation sites (N-methyl/N-ethyl adjacent to an activating group) is 1. The van der Waals surface area contributed by atoms with Crippen molar-refractivity contribution in [3.63, 3.8) is 0 Å². The van der Waals surface area contributed by atoms with Crippen LogP contribution in [0.3, 0.4) is 0 Å². The first-order chi connectivity index (χ1) is 9.02. The third kappa shape index (κ3) is 5.48. The van der Waals surface area contributed by atoms with Crippen LogP contribution in [0.15, 0.2) is 24.3 Å². The maximum atomic E-state index is 13.3. The maximum absolute atomic E-state index is 13.3. The van der Waals surface area contributed by atoms with E-state index in [1.54, 1.807) is 20.0 Å². The van der Waals surface area contributed by atoms with Crippen LogP contribution in [0, 0.1) is 5.82 Å². The number of nitrogens with one attached hydrogen (secondary N) is 1. The Morgan fingerprint density at radius 3 is 2.63 bits per heavy atom. The number of hydrogen-bond acceptors (Lipinski definition) is 4. The molecule has 0 spiro atoms. The van der Waals surface area contributed by atoms with Crippen LogP contribution in [0.4, 0.5) is 10.1 Å². The molecule has 0 saturated carbocycles. The van der Waals surface area contributed by atoms with E-state index >= 15 is 0 Å². The highest BCUT2D eigenvalue weighted by Crippen LogP contribution is 2.11. The number of anilines is 1. The Morgan fingerprint density at radius 2 is 2.00 bits per heavy atom. The van der Waals surface area contributed by atoms with Gasteiger partial charge in [0.05, 0.1) is 25.4 Å². The lowest BCUT2D eigenvalue weighted by Gasteiger charge is -2.15. The number of rotatable bonds is 6. The summed E-state index contributed by atoms with van der Waals surface area (Å²) in [5.41, 5.74) is 0.122. The molecule has 0 aromatic heterocycles. The van der Waals surface area contributed by atoms with E-state index in [0.717, 1.165) is 0 Å². The normalized spacial score (nSPS) is 10.3. The molecule has 1 aromatic rings. The zero-order valence-corrected chi connectivity index (χ0v) is 11.0. The summed E-state index contributed by atoms with van der Waals surface area (Å²) in [6.07, 6.45) is 0. The molecule has 0 aliphatic carbocycles. The molecule has 104 valence electrons. The largest absolute Gasteiger partial charge is 0.465 e. The number of carbonyl (C=O) groups excluding carboxylic acids is 2. The fourth-order valence-corrected chi connectivity index (χ4v) is 1.48. The number of carbonyl (C=O) groups is 2. The second-order valence-electron chi connectivity index (χ2n) is 4.01. The van der Waals surface area contributed by atoms with E-state index in [2.05, 4.69) is 5.32 Å². The van der Waals surface area contributed by atoms with Gasteiger partial charge >= 0.3 is 5.97 Å². The molecule has 5 nitrogen and oxygen atoms in total. The summed E-state index contributed by atoms with van der Waals surface area (Å²) >= 11 is 0. The molecule has 19 heavy (non-hydrogen) atoms. The van der Waals surface area contributed by atoms with Gasteiger partial charge in [-0.2, -0.15) is 0 Å². The predicted molar refractivity (Wildman–Crippen MR) is 69.2 cm³/mol. The number of ether oxygens (including phenoxy) is 1. The highest BCUT2D eigenvalue weighted by Gasteiger charge is 2.12. The summed E-state index contributed by atoms with van der Waals surface area (Å²) in [6, 6.07) is 5.90. The Hall–Kier alpha value is -1.95. The Morgan fingerprint density at radius 1 is 1.32 bits per heavy atom. The zero-order valence-electron chi connectivity index (χ0n) is 11.0. The van der Waals surface area contributed by atoms with Gasteiger partial charge in [0.1, 0.15) is 5.82 Å². The lowest BCUT2D eigenvalue weighted by atomic mass is 10.3. The molecule has 0 atom stereocenters. The van der Waals surface area contributed by atoms with E-state index in [1.807, 2.05) is 0 Å². The van der Waals surface area contributed by atoms with Crippen LogP contribution in [0.25, 0.3) is 0 Å². The first kappa shape index (κ1) is 15.1. The van der Waals surface area contributed by atoms with Gasteiger partial charge in [-0.15, -0.1) is 0 Å². The summed E-state index contributed by atoms with van der Waals surface area (Å²) in [5.74, 6) is -1.29. The molecule has 1 rings (SSSR count). The summed E-state index contributed by atoms with van der Waals surface area (Å²) < 4.78 is 18.1. The first-order valence-corrected chi connectivity index (χ1v) is 5.91. The lowest BCUT2D eigenvalue weighted by Crippen LogP contribution is -2.34. The third-order valence-corrected chi connectivity index (χ3v) is 2.27. The van der Waals surface area contributed by atoms with Crippen LogP contribution in [-0.2, 0) is 14.3 Å². The van der Waals surface area contributed by atoms with Gasteiger partial charge in [0.2, 0.25) is 5.91 Å².